The number of carbonyl (C=O) groups excluding carboxylic acids is 1. The van der Waals surface area contributed by atoms with Crippen LogP contribution in [0.5, 0.6) is 5.75 Å². The minimum atomic E-state index is -0.472. The molecule has 2 aliphatic rings. The zero-order valence-electron chi connectivity index (χ0n) is 20.9. The van der Waals surface area contributed by atoms with E-state index in [1.807, 2.05) is 45.0 Å². The molecule has 0 aliphatic carbocycles. The molecule has 178 valence electrons. The van der Waals surface area contributed by atoms with Gasteiger partial charge in [-0.2, -0.15) is 0 Å². The van der Waals surface area contributed by atoms with Crippen molar-refractivity contribution in [1.29, 1.82) is 0 Å². The first-order chi connectivity index (χ1) is 14.8. The van der Waals surface area contributed by atoms with E-state index in [1.165, 1.54) is 0 Å². The first-order valence-corrected chi connectivity index (χ1v) is 11.6. The summed E-state index contributed by atoms with van der Waals surface area (Å²) in [6.45, 7) is 19.5. The van der Waals surface area contributed by atoms with Crippen LogP contribution in [0.1, 0.15) is 55.4 Å². The molecule has 0 spiro atoms. The average Bonchev–Trinajstić information content (AvgIpc) is 2.89. The Morgan fingerprint density at radius 1 is 1.16 bits per heavy atom. The van der Waals surface area contributed by atoms with E-state index < -0.39 is 12.7 Å². The number of hydrogen-bond acceptors (Lipinski definition) is 6. The van der Waals surface area contributed by atoms with Crippen LogP contribution < -0.4 is 10.2 Å². The predicted molar refractivity (Wildman–Crippen MR) is 126 cm³/mol. The van der Waals surface area contributed by atoms with Crippen LogP contribution in [0.25, 0.3) is 0 Å². The molecule has 0 unspecified atom stereocenters. The zero-order valence-corrected chi connectivity index (χ0v) is 20.9. The molecular weight excluding hydrogens is 407 g/mol. The van der Waals surface area contributed by atoms with Crippen molar-refractivity contribution in [3.05, 3.63) is 24.3 Å². The van der Waals surface area contributed by atoms with Crippen molar-refractivity contribution in [1.82, 2.24) is 9.80 Å². The number of amides is 1. The maximum absolute atomic E-state index is 12.3. The molecule has 7 nitrogen and oxygen atoms in total. The standard InChI is InChI=1S/C24H39BN2O5/c1-18-17-27(21(28)30-22(2,3)4)13-12-26(18)14-15-29-20-11-9-10-19(16-20)25-31-23(5,6)24(7,8)32-25/h9-11,16,18H,12-15,17H2,1-8H3/t18-/m1/s1. The number of benzene rings is 1. The molecule has 1 aromatic rings. The molecule has 0 saturated carbocycles. The van der Waals surface area contributed by atoms with Crippen LogP contribution in [0.4, 0.5) is 4.79 Å². The van der Waals surface area contributed by atoms with E-state index in [-0.39, 0.29) is 23.3 Å². The van der Waals surface area contributed by atoms with Gasteiger partial charge in [0.15, 0.2) is 0 Å². The molecule has 1 atom stereocenters. The monoisotopic (exact) mass is 446 g/mol. The van der Waals surface area contributed by atoms with Gasteiger partial charge in [0.2, 0.25) is 0 Å². The first kappa shape index (κ1) is 24.9. The molecule has 0 bridgehead atoms. The number of rotatable bonds is 5. The summed E-state index contributed by atoms with van der Waals surface area (Å²) in [6, 6.07) is 8.17. The third kappa shape index (κ3) is 5.97. The Bertz CT molecular complexity index is 792. The van der Waals surface area contributed by atoms with Crippen LogP contribution in [-0.4, -0.2) is 78.6 Å². The average molecular weight is 446 g/mol. The molecule has 2 aliphatic heterocycles. The van der Waals surface area contributed by atoms with Crippen molar-refractivity contribution < 1.29 is 23.6 Å². The zero-order chi connectivity index (χ0) is 23.7. The Labute approximate surface area is 193 Å². The van der Waals surface area contributed by atoms with E-state index >= 15 is 0 Å². The molecule has 32 heavy (non-hydrogen) atoms. The second-order valence-corrected chi connectivity index (χ2v) is 10.8. The fraction of sp³-hybridized carbons (Fsp3) is 0.708. The highest BCUT2D eigenvalue weighted by Crippen LogP contribution is 2.36. The van der Waals surface area contributed by atoms with Gasteiger partial charge in [-0.05, 0) is 73.0 Å². The molecule has 8 heteroatoms. The van der Waals surface area contributed by atoms with E-state index in [4.69, 9.17) is 18.8 Å². The summed E-state index contributed by atoms with van der Waals surface area (Å²) in [4.78, 5) is 16.5. The second kappa shape index (κ2) is 9.24. The Morgan fingerprint density at radius 2 is 1.81 bits per heavy atom. The van der Waals surface area contributed by atoms with Crippen LogP contribution in [-0.2, 0) is 14.0 Å². The lowest BCUT2D eigenvalue weighted by atomic mass is 9.79. The van der Waals surface area contributed by atoms with Gasteiger partial charge in [-0.3, -0.25) is 4.90 Å². The lowest BCUT2D eigenvalue weighted by Gasteiger charge is -2.40. The summed E-state index contributed by atoms with van der Waals surface area (Å²) in [5.74, 6) is 0.803. The lowest BCUT2D eigenvalue weighted by molar-refractivity contribution is 0.00430. The molecule has 1 amide bonds. The highest BCUT2D eigenvalue weighted by Gasteiger charge is 2.51. The number of piperazine rings is 1. The van der Waals surface area contributed by atoms with Crippen molar-refractivity contribution in [2.45, 2.75) is 78.2 Å². The molecule has 3 rings (SSSR count). The topological polar surface area (TPSA) is 60.5 Å². The van der Waals surface area contributed by atoms with E-state index in [0.29, 0.717) is 19.7 Å². The van der Waals surface area contributed by atoms with Gasteiger partial charge in [0.1, 0.15) is 18.0 Å². The van der Waals surface area contributed by atoms with Gasteiger partial charge in [-0.15, -0.1) is 0 Å². The minimum Gasteiger partial charge on any atom is -0.492 e. The molecule has 2 fully saturated rings. The summed E-state index contributed by atoms with van der Waals surface area (Å²) in [5.41, 5.74) is -0.251. The fourth-order valence-electron chi connectivity index (χ4n) is 3.83. The van der Waals surface area contributed by atoms with E-state index in [2.05, 4.69) is 39.5 Å². The highest BCUT2D eigenvalue weighted by molar-refractivity contribution is 6.62. The summed E-state index contributed by atoms with van der Waals surface area (Å²) in [6.07, 6.45) is -0.236. The van der Waals surface area contributed by atoms with Crippen molar-refractivity contribution in [3.8, 4) is 5.75 Å². The Kier molecular flexibility index (Phi) is 7.18. The third-order valence-corrected chi connectivity index (χ3v) is 6.45. The molecule has 1 aromatic carbocycles. The molecule has 0 aromatic heterocycles. The molecular formula is C24H39BN2O5. The summed E-state index contributed by atoms with van der Waals surface area (Å²) >= 11 is 0. The lowest BCUT2D eigenvalue weighted by Crippen LogP contribution is -2.55. The van der Waals surface area contributed by atoms with Gasteiger partial charge in [-0.25, -0.2) is 4.79 Å². The normalized spacial score (nSPS) is 23.3. The summed E-state index contributed by atoms with van der Waals surface area (Å²) < 4.78 is 23.8. The van der Waals surface area contributed by atoms with Gasteiger partial charge in [-0.1, -0.05) is 12.1 Å². The van der Waals surface area contributed by atoms with Crippen molar-refractivity contribution >= 4 is 18.7 Å². The number of carbonyl (C=O) groups is 1. The van der Waals surface area contributed by atoms with E-state index in [9.17, 15) is 4.79 Å². The number of hydrogen-bond donors (Lipinski definition) is 0. The first-order valence-electron chi connectivity index (χ1n) is 11.6. The van der Waals surface area contributed by atoms with Crippen molar-refractivity contribution in [2.75, 3.05) is 32.8 Å². The van der Waals surface area contributed by atoms with Crippen LogP contribution in [0.2, 0.25) is 0 Å². The molecule has 0 N–H and O–H groups in total. The molecule has 0 radical (unpaired) electrons. The third-order valence-electron chi connectivity index (χ3n) is 6.45. The molecule has 2 saturated heterocycles. The van der Waals surface area contributed by atoms with Gasteiger partial charge in [0.05, 0.1) is 11.2 Å². The van der Waals surface area contributed by atoms with E-state index in [1.54, 1.807) is 4.90 Å². The van der Waals surface area contributed by atoms with Crippen LogP contribution in [0.3, 0.4) is 0 Å². The van der Waals surface area contributed by atoms with Gasteiger partial charge in [0.25, 0.3) is 0 Å². The summed E-state index contributed by atoms with van der Waals surface area (Å²) in [5, 5.41) is 0. The predicted octanol–water partition coefficient (Wildman–Crippen LogP) is 3.31. The Hall–Kier alpha value is -1.77. The summed E-state index contributed by atoms with van der Waals surface area (Å²) in [7, 11) is -0.399. The van der Waals surface area contributed by atoms with Crippen molar-refractivity contribution in [3.63, 3.8) is 0 Å². The number of ether oxygens (including phenoxy) is 2. The smallest absolute Gasteiger partial charge is 0.492 e. The maximum Gasteiger partial charge on any atom is 0.494 e. The molecule has 2 heterocycles. The Balaban J connectivity index is 1.48. The van der Waals surface area contributed by atoms with Gasteiger partial charge < -0.3 is 23.7 Å². The van der Waals surface area contributed by atoms with E-state index in [0.717, 1.165) is 24.3 Å². The van der Waals surface area contributed by atoms with Gasteiger partial charge >= 0.3 is 13.2 Å². The van der Waals surface area contributed by atoms with Crippen LogP contribution >= 0.6 is 0 Å². The Morgan fingerprint density at radius 3 is 2.41 bits per heavy atom. The SMILES string of the molecule is C[C@@H]1CN(C(=O)OC(C)(C)C)CCN1CCOc1cccc(B2OC(C)(C)C(C)(C)O2)c1. The van der Waals surface area contributed by atoms with Crippen LogP contribution in [0, 0.1) is 0 Å². The minimum absolute atomic E-state index is 0.236. The largest absolute Gasteiger partial charge is 0.494 e. The fourth-order valence-corrected chi connectivity index (χ4v) is 3.83. The van der Waals surface area contributed by atoms with Gasteiger partial charge in [0, 0.05) is 32.2 Å². The van der Waals surface area contributed by atoms with Crippen LogP contribution in [0.15, 0.2) is 24.3 Å². The quantitative estimate of drug-likeness (QED) is 0.647. The second-order valence-electron chi connectivity index (χ2n) is 10.8. The highest BCUT2D eigenvalue weighted by atomic mass is 16.7. The van der Waals surface area contributed by atoms with Crippen molar-refractivity contribution in [2.24, 2.45) is 0 Å². The number of nitrogens with zero attached hydrogens (tertiary/aromatic N) is 2. The maximum atomic E-state index is 12.3.